The second kappa shape index (κ2) is 7.12. The maximum Gasteiger partial charge on any atom is 0.191 e. The summed E-state index contributed by atoms with van der Waals surface area (Å²) in [6, 6.07) is 0. The monoisotopic (exact) mass is 377 g/mol. The molecule has 1 fully saturated rings. The van der Waals surface area contributed by atoms with Crippen LogP contribution in [0, 0.1) is 19.8 Å². The van der Waals surface area contributed by atoms with Crippen LogP contribution >= 0.6 is 24.0 Å². The van der Waals surface area contributed by atoms with E-state index in [0.717, 1.165) is 30.7 Å². The smallest absolute Gasteiger partial charge is 0.191 e. The number of aliphatic imine (C=N–C) groups is 1. The molecule has 19 heavy (non-hydrogen) atoms. The average molecular weight is 377 g/mol. The van der Waals surface area contributed by atoms with Gasteiger partial charge in [0.25, 0.3) is 0 Å². The fourth-order valence-electron chi connectivity index (χ4n) is 2.03. The van der Waals surface area contributed by atoms with Gasteiger partial charge in [-0.2, -0.15) is 5.10 Å². The summed E-state index contributed by atoms with van der Waals surface area (Å²) in [7, 11) is 3.79. The van der Waals surface area contributed by atoms with Crippen molar-refractivity contribution in [2.24, 2.45) is 18.0 Å². The van der Waals surface area contributed by atoms with Crippen LogP contribution in [-0.4, -0.2) is 29.3 Å². The Hall–Kier alpha value is -0.790. The van der Waals surface area contributed by atoms with Gasteiger partial charge < -0.3 is 10.6 Å². The first-order valence-corrected chi connectivity index (χ1v) is 6.55. The summed E-state index contributed by atoms with van der Waals surface area (Å²) in [5.74, 6) is 1.73. The molecule has 1 aliphatic carbocycles. The fraction of sp³-hybridized carbons (Fsp3) is 0.692. The molecule has 0 aromatic carbocycles. The molecule has 0 amide bonds. The number of hydrogen-bond donors (Lipinski definition) is 2. The SMILES string of the molecule is CN=C(NCc1c(C)nn(C)c1C)NCC1CC1.I. The molecule has 2 N–H and O–H groups in total. The van der Waals surface area contributed by atoms with Crippen molar-refractivity contribution in [3.63, 3.8) is 0 Å². The molecule has 1 aromatic heterocycles. The zero-order chi connectivity index (χ0) is 13.1. The van der Waals surface area contributed by atoms with Crippen LogP contribution in [-0.2, 0) is 13.6 Å². The third-order valence-corrected chi connectivity index (χ3v) is 3.57. The van der Waals surface area contributed by atoms with Crippen molar-refractivity contribution in [2.45, 2.75) is 33.2 Å². The summed E-state index contributed by atoms with van der Waals surface area (Å²) < 4.78 is 1.92. The van der Waals surface area contributed by atoms with Crippen LogP contribution in [0.25, 0.3) is 0 Å². The Balaban J connectivity index is 0.00000180. The Morgan fingerprint density at radius 1 is 1.37 bits per heavy atom. The molecular weight excluding hydrogens is 353 g/mol. The molecule has 1 aromatic rings. The van der Waals surface area contributed by atoms with Gasteiger partial charge in [0.15, 0.2) is 5.96 Å². The molecule has 0 radical (unpaired) electrons. The van der Waals surface area contributed by atoms with Gasteiger partial charge in [0, 0.05) is 38.4 Å². The lowest BCUT2D eigenvalue weighted by Crippen LogP contribution is -2.38. The van der Waals surface area contributed by atoms with Crippen LogP contribution < -0.4 is 10.6 Å². The molecule has 0 atom stereocenters. The van der Waals surface area contributed by atoms with E-state index in [9.17, 15) is 0 Å². The second-order valence-corrected chi connectivity index (χ2v) is 5.02. The van der Waals surface area contributed by atoms with E-state index in [4.69, 9.17) is 0 Å². The van der Waals surface area contributed by atoms with Gasteiger partial charge >= 0.3 is 0 Å². The van der Waals surface area contributed by atoms with Crippen LogP contribution in [0.4, 0.5) is 0 Å². The topological polar surface area (TPSA) is 54.2 Å². The van der Waals surface area contributed by atoms with E-state index in [1.165, 1.54) is 24.1 Å². The molecule has 6 heteroatoms. The first-order chi connectivity index (χ1) is 8.61. The molecule has 1 heterocycles. The highest BCUT2D eigenvalue weighted by Gasteiger charge is 2.21. The van der Waals surface area contributed by atoms with Crippen molar-refractivity contribution < 1.29 is 0 Å². The average Bonchev–Trinajstić information content (AvgIpc) is 3.12. The summed E-state index contributed by atoms with van der Waals surface area (Å²) in [4.78, 5) is 4.24. The minimum Gasteiger partial charge on any atom is -0.356 e. The summed E-state index contributed by atoms with van der Waals surface area (Å²) in [6.07, 6.45) is 2.70. The lowest BCUT2D eigenvalue weighted by Gasteiger charge is -2.11. The van der Waals surface area contributed by atoms with E-state index in [0.29, 0.717) is 0 Å². The summed E-state index contributed by atoms with van der Waals surface area (Å²) in [5, 5.41) is 11.1. The first kappa shape index (κ1) is 16.3. The third-order valence-electron chi connectivity index (χ3n) is 3.57. The van der Waals surface area contributed by atoms with E-state index in [-0.39, 0.29) is 24.0 Å². The summed E-state index contributed by atoms with van der Waals surface area (Å²) >= 11 is 0. The van der Waals surface area contributed by atoms with Gasteiger partial charge in [0.1, 0.15) is 0 Å². The summed E-state index contributed by atoms with van der Waals surface area (Å²) in [6.45, 7) is 5.95. The molecule has 0 bridgehead atoms. The number of aromatic nitrogens is 2. The molecular formula is C13H24IN5. The lowest BCUT2D eigenvalue weighted by atomic mass is 10.2. The van der Waals surface area contributed by atoms with E-state index in [1.54, 1.807) is 0 Å². The van der Waals surface area contributed by atoms with Crippen LogP contribution in [0.2, 0.25) is 0 Å². The van der Waals surface area contributed by atoms with E-state index in [1.807, 2.05) is 25.7 Å². The molecule has 0 aliphatic heterocycles. The van der Waals surface area contributed by atoms with Gasteiger partial charge in [-0.05, 0) is 32.6 Å². The van der Waals surface area contributed by atoms with Crippen molar-refractivity contribution in [1.29, 1.82) is 0 Å². The van der Waals surface area contributed by atoms with E-state index in [2.05, 4.69) is 27.6 Å². The normalized spacial score (nSPS) is 15.1. The number of rotatable bonds is 4. The van der Waals surface area contributed by atoms with Gasteiger partial charge in [0.05, 0.1) is 5.69 Å². The number of nitrogens with one attached hydrogen (secondary N) is 2. The lowest BCUT2D eigenvalue weighted by molar-refractivity contribution is 0.725. The van der Waals surface area contributed by atoms with E-state index >= 15 is 0 Å². The van der Waals surface area contributed by atoms with Gasteiger partial charge in [-0.25, -0.2) is 0 Å². The Bertz CT molecular complexity index is 448. The van der Waals surface area contributed by atoms with Crippen molar-refractivity contribution >= 4 is 29.9 Å². The van der Waals surface area contributed by atoms with E-state index < -0.39 is 0 Å². The molecule has 1 aliphatic rings. The van der Waals surface area contributed by atoms with Crippen molar-refractivity contribution in [3.05, 3.63) is 17.0 Å². The second-order valence-electron chi connectivity index (χ2n) is 5.02. The van der Waals surface area contributed by atoms with Gasteiger partial charge in [-0.3, -0.25) is 9.67 Å². The highest BCUT2D eigenvalue weighted by Crippen LogP contribution is 2.27. The van der Waals surface area contributed by atoms with Crippen molar-refractivity contribution in [2.75, 3.05) is 13.6 Å². The zero-order valence-corrected chi connectivity index (χ0v) is 14.5. The van der Waals surface area contributed by atoms with Crippen LogP contribution in [0.1, 0.15) is 29.8 Å². The highest BCUT2D eigenvalue weighted by molar-refractivity contribution is 14.0. The molecule has 2 rings (SSSR count). The van der Waals surface area contributed by atoms with Crippen LogP contribution in [0.3, 0.4) is 0 Å². The van der Waals surface area contributed by atoms with Crippen LogP contribution in [0.15, 0.2) is 4.99 Å². The van der Waals surface area contributed by atoms with Crippen LogP contribution in [0.5, 0.6) is 0 Å². The maximum atomic E-state index is 4.41. The van der Waals surface area contributed by atoms with Crippen molar-refractivity contribution in [1.82, 2.24) is 20.4 Å². The van der Waals surface area contributed by atoms with Crippen molar-refractivity contribution in [3.8, 4) is 0 Å². The first-order valence-electron chi connectivity index (χ1n) is 6.55. The highest BCUT2D eigenvalue weighted by atomic mass is 127. The predicted molar refractivity (Wildman–Crippen MR) is 89.0 cm³/mol. The Labute approximate surface area is 132 Å². The zero-order valence-electron chi connectivity index (χ0n) is 12.2. The standard InChI is InChI=1S/C13H23N5.HI/c1-9-12(10(2)18(4)17-9)8-16-13(14-3)15-7-11-5-6-11;/h11H,5-8H2,1-4H3,(H2,14,15,16);1H. The molecule has 5 nitrogen and oxygen atoms in total. The Morgan fingerprint density at radius 3 is 2.53 bits per heavy atom. The number of hydrogen-bond acceptors (Lipinski definition) is 2. The quantitative estimate of drug-likeness (QED) is 0.478. The number of nitrogens with zero attached hydrogens (tertiary/aromatic N) is 3. The maximum absolute atomic E-state index is 4.41. The summed E-state index contributed by atoms with van der Waals surface area (Å²) in [5.41, 5.74) is 3.55. The molecule has 108 valence electrons. The third kappa shape index (κ3) is 4.36. The number of halogens is 1. The van der Waals surface area contributed by atoms with Gasteiger partial charge in [0.2, 0.25) is 0 Å². The van der Waals surface area contributed by atoms with Gasteiger partial charge in [-0.15, -0.1) is 24.0 Å². The largest absolute Gasteiger partial charge is 0.356 e. The number of aryl methyl sites for hydroxylation is 2. The van der Waals surface area contributed by atoms with Gasteiger partial charge in [-0.1, -0.05) is 0 Å². The predicted octanol–water partition coefficient (Wildman–Crippen LogP) is 1.73. The molecule has 0 unspecified atom stereocenters. The molecule has 0 saturated heterocycles. The number of guanidine groups is 1. The molecule has 1 saturated carbocycles. The minimum absolute atomic E-state index is 0. The molecule has 0 spiro atoms. The minimum atomic E-state index is 0. The fourth-order valence-corrected chi connectivity index (χ4v) is 2.03. The Morgan fingerprint density at radius 2 is 2.05 bits per heavy atom. The Kier molecular flexibility index (Phi) is 6.09.